The first-order valence-corrected chi connectivity index (χ1v) is 11.4. The Labute approximate surface area is 193 Å². The molecule has 0 atom stereocenters. The van der Waals surface area contributed by atoms with Gasteiger partial charge in [-0.3, -0.25) is 4.79 Å². The summed E-state index contributed by atoms with van der Waals surface area (Å²) < 4.78 is 26.4. The van der Waals surface area contributed by atoms with Crippen LogP contribution in [0.4, 0.5) is 4.39 Å². The zero-order valence-corrected chi connectivity index (χ0v) is 20.1. The maximum absolute atomic E-state index is 14.2. The minimum absolute atomic E-state index is 0.0541. The minimum Gasteiger partial charge on any atom is -0.487 e. The Hall–Kier alpha value is -3.00. The number of hydrogen-bond donors (Lipinski definition) is 2. The van der Waals surface area contributed by atoms with Crippen LogP contribution >= 0.6 is 11.8 Å². The predicted molar refractivity (Wildman–Crippen MR) is 129 cm³/mol. The quantitative estimate of drug-likeness (QED) is 0.295. The normalized spacial score (nSPS) is 12.2. The summed E-state index contributed by atoms with van der Waals surface area (Å²) in [5.74, 6) is 0.299. The fourth-order valence-electron chi connectivity index (χ4n) is 2.59. The van der Waals surface area contributed by atoms with Gasteiger partial charge in [0.1, 0.15) is 34.5 Å². The van der Waals surface area contributed by atoms with Gasteiger partial charge >= 0.3 is 0 Å². The zero-order chi connectivity index (χ0) is 23.9. The lowest BCUT2D eigenvalue weighted by molar-refractivity contribution is 0.0983. The highest BCUT2D eigenvalue weighted by atomic mass is 32.2. The van der Waals surface area contributed by atoms with E-state index < -0.39 is 11.5 Å². The summed E-state index contributed by atoms with van der Waals surface area (Å²) in [7, 11) is 1.71. The van der Waals surface area contributed by atoms with Gasteiger partial charge in [0.05, 0.1) is 0 Å². The maximum Gasteiger partial charge on any atom is 0.279 e. The Kier molecular flexibility index (Phi) is 8.72. The predicted octanol–water partition coefficient (Wildman–Crippen LogP) is 5.45. The summed E-state index contributed by atoms with van der Waals surface area (Å²) in [5, 5.41) is 2.78. The van der Waals surface area contributed by atoms with Crippen LogP contribution in [0.1, 0.15) is 43.1 Å². The monoisotopic (exact) mass is 459 g/mol. The third-order valence-corrected chi connectivity index (χ3v) is 5.57. The van der Waals surface area contributed by atoms with Crippen molar-refractivity contribution < 1.29 is 18.7 Å². The van der Waals surface area contributed by atoms with Gasteiger partial charge < -0.3 is 20.5 Å². The van der Waals surface area contributed by atoms with Gasteiger partial charge in [-0.1, -0.05) is 6.92 Å². The molecule has 2 aromatic carbocycles. The van der Waals surface area contributed by atoms with Crippen molar-refractivity contribution >= 4 is 23.5 Å². The molecule has 0 radical (unpaired) electrons. The number of thioether (sulfide) groups is 1. The molecule has 0 saturated heterocycles. The van der Waals surface area contributed by atoms with Crippen molar-refractivity contribution in [2.45, 2.75) is 44.6 Å². The molecular weight excluding hydrogens is 429 g/mol. The Morgan fingerprint density at radius 3 is 2.56 bits per heavy atom. The number of benzene rings is 2. The molecule has 0 bridgehead atoms. The van der Waals surface area contributed by atoms with E-state index in [0.717, 1.165) is 6.42 Å². The van der Waals surface area contributed by atoms with E-state index in [4.69, 9.17) is 15.2 Å². The topological polar surface area (TPSA) is 85.9 Å². The molecule has 0 aliphatic carbocycles. The van der Waals surface area contributed by atoms with Crippen LogP contribution in [0, 0.1) is 12.7 Å². The summed E-state index contributed by atoms with van der Waals surface area (Å²) in [4.78, 5) is 17.2. The van der Waals surface area contributed by atoms with Crippen molar-refractivity contribution in [1.29, 1.82) is 0 Å². The van der Waals surface area contributed by atoms with Gasteiger partial charge in [-0.15, -0.1) is 11.8 Å². The van der Waals surface area contributed by atoms with Crippen molar-refractivity contribution in [3.05, 3.63) is 59.6 Å². The van der Waals surface area contributed by atoms with E-state index in [1.165, 1.54) is 23.9 Å². The molecule has 0 unspecified atom stereocenters. The van der Waals surface area contributed by atoms with E-state index in [1.807, 2.05) is 27.7 Å². The summed E-state index contributed by atoms with van der Waals surface area (Å²) in [6.07, 6.45) is 5.61. The van der Waals surface area contributed by atoms with Crippen molar-refractivity contribution in [3.8, 4) is 17.2 Å². The number of halogens is 1. The van der Waals surface area contributed by atoms with Crippen molar-refractivity contribution in [3.63, 3.8) is 0 Å². The Bertz CT molecular complexity index is 1040. The van der Waals surface area contributed by atoms with Crippen LogP contribution < -0.4 is 20.5 Å². The lowest BCUT2D eigenvalue weighted by Crippen LogP contribution is -2.27. The first-order chi connectivity index (χ1) is 15.1. The second-order valence-corrected chi connectivity index (χ2v) is 8.52. The van der Waals surface area contributed by atoms with Gasteiger partial charge in [0, 0.05) is 29.1 Å². The van der Waals surface area contributed by atoms with E-state index in [9.17, 15) is 9.18 Å². The number of aliphatic imine (C=N–C) groups is 1. The standard InChI is InChI=1S/C24H30FN3O3S/c1-7-24(3,4)31-20-13-16(23(29)28-22(26)10-11-27-5)12-19(15(20)2)30-17-8-9-21(32-6)18(25)14-17/h8-14,27H,7H2,1-6H3,(H2,26,28,29)/b11-10-. The number of ether oxygens (including phenoxy) is 2. The Morgan fingerprint density at radius 1 is 1.28 bits per heavy atom. The van der Waals surface area contributed by atoms with Crippen molar-refractivity contribution in [1.82, 2.24) is 5.32 Å². The van der Waals surface area contributed by atoms with Crippen molar-refractivity contribution in [2.75, 3.05) is 13.3 Å². The van der Waals surface area contributed by atoms with E-state index in [2.05, 4.69) is 10.3 Å². The van der Waals surface area contributed by atoms with E-state index in [1.54, 1.807) is 43.8 Å². The van der Waals surface area contributed by atoms with E-state index in [-0.39, 0.29) is 17.2 Å². The highest BCUT2D eigenvalue weighted by Gasteiger charge is 2.22. The Balaban J connectivity index is 2.51. The molecule has 0 heterocycles. The molecule has 0 aromatic heterocycles. The molecule has 1 amide bonds. The number of nitrogens with two attached hydrogens (primary N) is 1. The van der Waals surface area contributed by atoms with Crippen LogP contribution in [0.3, 0.4) is 0 Å². The molecule has 32 heavy (non-hydrogen) atoms. The second-order valence-electron chi connectivity index (χ2n) is 7.68. The first-order valence-electron chi connectivity index (χ1n) is 10.2. The molecule has 0 aliphatic heterocycles. The molecule has 2 aromatic rings. The van der Waals surface area contributed by atoms with Crippen LogP contribution in [-0.4, -0.2) is 30.6 Å². The third kappa shape index (κ3) is 6.75. The summed E-state index contributed by atoms with van der Waals surface area (Å²) in [6, 6.07) is 7.82. The maximum atomic E-state index is 14.2. The fourth-order valence-corrected chi connectivity index (χ4v) is 3.05. The third-order valence-electron chi connectivity index (χ3n) is 4.80. The first kappa shape index (κ1) is 25.3. The van der Waals surface area contributed by atoms with Crippen LogP contribution in [0.25, 0.3) is 0 Å². The average molecular weight is 460 g/mol. The lowest BCUT2D eigenvalue weighted by Gasteiger charge is -2.27. The van der Waals surface area contributed by atoms with Crippen molar-refractivity contribution in [2.24, 2.45) is 10.7 Å². The molecule has 6 nitrogen and oxygen atoms in total. The van der Waals surface area contributed by atoms with Crippen LogP contribution in [-0.2, 0) is 0 Å². The number of nitrogens with zero attached hydrogens (tertiary/aromatic N) is 1. The molecule has 0 fully saturated rings. The molecule has 0 saturated carbocycles. The van der Waals surface area contributed by atoms with E-state index >= 15 is 0 Å². The number of hydrogen-bond acceptors (Lipinski definition) is 5. The highest BCUT2D eigenvalue weighted by Crippen LogP contribution is 2.36. The number of nitrogens with one attached hydrogen (secondary N) is 1. The van der Waals surface area contributed by atoms with Gasteiger partial charge in [-0.2, -0.15) is 4.99 Å². The smallest absolute Gasteiger partial charge is 0.279 e. The van der Waals surface area contributed by atoms with Crippen LogP contribution in [0.15, 0.2) is 52.5 Å². The molecule has 0 aliphatic rings. The van der Waals surface area contributed by atoms with Crippen LogP contribution in [0.2, 0.25) is 0 Å². The van der Waals surface area contributed by atoms with Gasteiger partial charge in [-0.05, 0) is 70.0 Å². The minimum atomic E-state index is -0.545. The van der Waals surface area contributed by atoms with E-state index in [0.29, 0.717) is 27.7 Å². The zero-order valence-electron chi connectivity index (χ0n) is 19.3. The number of carbonyl (C=O) groups excluding carboxylic acids is 1. The van der Waals surface area contributed by atoms with Gasteiger partial charge in [0.25, 0.3) is 5.91 Å². The summed E-state index contributed by atoms with van der Waals surface area (Å²) in [6.45, 7) is 7.74. The Morgan fingerprint density at radius 2 is 1.97 bits per heavy atom. The summed E-state index contributed by atoms with van der Waals surface area (Å²) in [5.41, 5.74) is 6.26. The lowest BCUT2D eigenvalue weighted by atomic mass is 10.0. The molecule has 0 spiro atoms. The molecule has 2 rings (SSSR count). The number of rotatable bonds is 9. The highest BCUT2D eigenvalue weighted by molar-refractivity contribution is 7.98. The van der Waals surface area contributed by atoms with Gasteiger partial charge in [0.2, 0.25) is 0 Å². The molecule has 3 N–H and O–H groups in total. The number of amides is 1. The number of amidine groups is 1. The van der Waals surface area contributed by atoms with Gasteiger partial charge in [-0.25, -0.2) is 4.39 Å². The average Bonchev–Trinajstić information content (AvgIpc) is 2.74. The number of carbonyl (C=O) groups is 1. The fraction of sp³-hybridized carbons (Fsp3) is 0.333. The van der Waals surface area contributed by atoms with Gasteiger partial charge in [0.15, 0.2) is 0 Å². The second kappa shape index (κ2) is 11.0. The summed E-state index contributed by atoms with van der Waals surface area (Å²) >= 11 is 1.31. The van der Waals surface area contributed by atoms with Crippen LogP contribution in [0.5, 0.6) is 17.2 Å². The SMILES string of the molecule is CCC(C)(C)Oc1cc(C(=O)N=C(N)/C=C\NC)cc(Oc2ccc(SC)c(F)c2)c1C. The molecule has 172 valence electrons. The molecular formula is C24H30FN3O3S. The molecule has 8 heteroatoms. The largest absolute Gasteiger partial charge is 0.487 e.